The first kappa shape index (κ1) is 23.4. The number of hydrogen-bond donors (Lipinski definition) is 3. The summed E-state index contributed by atoms with van der Waals surface area (Å²) in [6, 6.07) is 0. The number of rotatable bonds is 18. The molecule has 144 valence electrons. The number of amides is 1. The molecule has 0 aliphatic heterocycles. The van der Waals surface area contributed by atoms with Gasteiger partial charge in [0.15, 0.2) is 0 Å². The van der Waals surface area contributed by atoms with E-state index in [-0.39, 0.29) is 12.5 Å². The molecule has 24 heavy (non-hydrogen) atoms. The first-order valence-electron chi connectivity index (χ1n) is 10.3. The van der Waals surface area contributed by atoms with E-state index in [0.717, 1.165) is 18.8 Å². The topological polar surface area (TPSA) is 61.4 Å². The molecule has 1 amide bonds. The fourth-order valence-electron chi connectivity index (χ4n) is 2.89. The third kappa shape index (κ3) is 19.4. The molecule has 4 nitrogen and oxygen atoms in total. The molecule has 3 N–H and O–H groups in total. The van der Waals surface area contributed by atoms with E-state index in [4.69, 9.17) is 5.11 Å². The van der Waals surface area contributed by atoms with Crippen molar-refractivity contribution in [1.82, 2.24) is 10.9 Å². The maximum absolute atomic E-state index is 11.4. The highest BCUT2D eigenvalue weighted by atomic mass is 16.3. The van der Waals surface area contributed by atoms with Gasteiger partial charge in [0.25, 0.3) is 0 Å². The Balaban J connectivity index is 3.08. The van der Waals surface area contributed by atoms with Crippen LogP contribution in [-0.2, 0) is 4.79 Å². The van der Waals surface area contributed by atoms with Gasteiger partial charge < -0.3 is 5.11 Å². The molecule has 0 aromatic heterocycles. The van der Waals surface area contributed by atoms with E-state index in [2.05, 4.69) is 24.7 Å². The van der Waals surface area contributed by atoms with Crippen LogP contribution in [0.4, 0.5) is 0 Å². The highest BCUT2D eigenvalue weighted by Gasteiger charge is 2.00. The zero-order valence-corrected chi connectivity index (χ0v) is 16.2. The lowest BCUT2D eigenvalue weighted by molar-refractivity contribution is -0.122. The number of unbranched alkanes of at least 4 members (excludes halogenated alkanes) is 11. The average Bonchev–Trinajstić information content (AvgIpc) is 2.55. The van der Waals surface area contributed by atoms with E-state index < -0.39 is 0 Å². The molecule has 0 bridgehead atoms. The predicted molar refractivity (Wildman–Crippen MR) is 103 cm³/mol. The molecular weight excluding hydrogens is 300 g/mol. The fourth-order valence-corrected chi connectivity index (χ4v) is 2.89. The second kappa shape index (κ2) is 18.7. The van der Waals surface area contributed by atoms with Crippen molar-refractivity contribution >= 4 is 5.91 Å². The Morgan fingerprint density at radius 3 is 1.71 bits per heavy atom. The van der Waals surface area contributed by atoms with Gasteiger partial charge in [0, 0.05) is 13.0 Å². The molecule has 0 aromatic rings. The number of hydrazine groups is 1. The van der Waals surface area contributed by atoms with E-state index in [1.54, 1.807) is 0 Å². The lowest BCUT2D eigenvalue weighted by Gasteiger charge is -2.06. The highest BCUT2D eigenvalue weighted by molar-refractivity contribution is 5.75. The number of carbonyl (C=O) groups excluding carboxylic acids is 1. The monoisotopic (exact) mass is 342 g/mol. The largest absolute Gasteiger partial charge is 0.395 e. The van der Waals surface area contributed by atoms with Crippen molar-refractivity contribution in [1.29, 1.82) is 0 Å². The number of aliphatic hydroxyl groups is 1. The van der Waals surface area contributed by atoms with Crippen molar-refractivity contribution in [3.8, 4) is 0 Å². The molecule has 0 heterocycles. The molecule has 0 radical (unpaired) electrons. The molecule has 0 rings (SSSR count). The summed E-state index contributed by atoms with van der Waals surface area (Å²) in [6.45, 7) is 5.07. The average molecular weight is 343 g/mol. The highest BCUT2D eigenvalue weighted by Crippen LogP contribution is 2.14. The summed E-state index contributed by atoms with van der Waals surface area (Å²) >= 11 is 0. The van der Waals surface area contributed by atoms with Crippen LogP contribution < -0.4 is 10.9 Å². The van der Waals surface area contributed by atoms with Gasteiger partial charge in [0.2, 0.25) is 5.91 Å². The molecule has 0 aliphatic carbocycles. The van der Waals surface area contributed by atoms with Crippen LogP contribution in [0.1, 0.15) is 104 Å². The first-order chi connectivity index (χ1) is 11.7. The van der Waals surface area contributed by atoms with Gasteiger partial charge in [0.05, 0.1) is 6.61 Å². The van der Waals surface area contributed by atoms with Crippen LogP contribution in [0.5, 0.6) is 0 Å². The summed E-state index contributed by atoms with van der Waals surface area (Å²) in [5.74, 6) is 0.888. The van der Waals surface area contributed by atoms with E-state index in [0.29, 0.717) is 13.0 Å². The molecule has 0 spiro atoms. The van der Waals surface area contributed by atoms with Crippen LogP contribution >= 0.6 is 0 Å². The molecule has 0 atom stereocenters. The first-order valence-corrected chi connectivity index (χ1v) is 10.3. The Hall–Kier alpha value is -0.610. The molecule has 4 heteroatoms. The lowest BCUT2D eigenvalue weighted by Crippen LogP contribution is -2.38. The SMILES string of the molecule is CC(C)CCCCCCCCCCCCCCC(=O)NNCCO. The van der Waals surface area contributed by atoms with Crippen molar-refractivity contribution in [3.63, 3.8) is 0 Å². The van der Waals surface area contributed by atoms with Gasteiger partial charge in [-0.15, -0.1) is 0 Å². The minimum Gasteiger partial charge on any atom is -0.395 e. The summed E-state index contributed by atoms with van der Waals surface area (Å²) in [4.78, 5) is 11.4. The van der Waals surface area contributed by atoms with Gasteiger partial charge >= 0.3 is 0 Å². The van der Waals surface area contributed by atoms with Crippen LogP contribution in [0.3, 0.4) is 0 Å². The quantitative estimate of drug-likeness (QED) is 0.249. The number of aliphatic hydroxyl groups excluding tert-OH is 1. The minimum absolute atomic E-state index is 0.0249. The number of nitrogens with one attached hydrogen (secondary N) is 2. The summed E-state index contributed by atoms with van der Waals surface area (Å²) in [5, 5.41) is 8.58. The van der Waals surface area contributed by atoms with Crippen molar-refractivity contribution < 1.29 is 9.90 Å². The van der Waals surface area contributed by atoms with Crippen molar-refractivity contribution in [2.75, 3.05) is 13.2 Å². The lowest BCUT2D eigenvalue weighted by atomic mass is 10.0. The smallest absolute Gasteiger partial charge is 0.234 e. The van der Waals surface area contributed by atoms with Gasteiger partial charge in [-0.3, -0.25) is 10.2 Å². The van der Waals surface area contributed by atoms with Crippen molar-refractivity contribution in [2.24, 2.45) is 5.92 Å². The number of hydrogen-bond acceptors (Lipinski definition) is 3. The fraction of sp³-hybridized carbons (Fsp3) is 0.950. The van der Waals surface area contributed by atoms with Crippen LogP contribution in [-0.4, -0.2) is 24.2 Å². The van der Waals surface area contributed by atoms with E-state index in [9.17, 15) is 4.79 Å². The second-order valence-corrected chi connectivity index (χ2v) is 7.37. The van der Waals surface area contributed by atoms with E-state index in [1.807, 2.05) is 0 Å². The van der Waals surface area contributed by atoms with E-state index >= 15 is 0 Å². The Morgan fingerprint density at radius 1 is 0.792 bits per heavy atom. The summed E-state index contributed by atoms with van der Waals surface area (Å²) in [7, 11) is 0. The molecule has 0 aliphatic rings. The summed E-state index contributed by atoms with van der Waals surface area (Å²) in [6.07, 6.45) is 17.8. The maximum Gasteiger partial charge on any atom is 0.234 e. The van der Waals surface area contributed by atoms with Crippen LogP contribution in [0.25, 0.3) is 0 Å². The van der Waals surface area contributed by atoms with Crippen molar-refractivity contribution in [3.05, 3.63) is 0 Å². The predicted octanol–water partition coefficient (Wildman–Crippen LogP) is 4.72. The number of carbonyl (C=O) groups is 1. The standard InChI is InChI=1S/C20H42N2O2/c1-19(2)15-13-11-9-7-5-3-4-6-8-10-12-14-16-20(24)22-21-17-18-23/h19,21,23H,3-18H2,1-2H3,(H,22,24). The summed E-state index contributed by atoms with van der Waals surface area (Å²) in [5.41, 5.74) is 5.27. The van der Waals surface area contributed by atoms with Crippen molar-refractivity contribution in [2.45, 2.75) is 104 Å². The third-order valence-corrected chi connectivity index (χ3v) is 4.40. The Labute approximate surface area is 150 Å². The Bertz CT molecular complexity index is 270. The van der Waals surface area contributed by atoms with Gasteiger partial charge in [-0.25, -0.2) is 5.43 Å². The molecular formula is C20H42N2O2. The zero-order valence-electron chi connectivity index (χ0n) is 16.2. The molecule has 0 saturated carbocycles. The maximum atomic E-state index is 11.4. The van der Waals surface area contributed by atoms with Crippen LogP contribution in [0.15, 0.2) is 0 Å². The molecule has 0 unspecified atom stereocenters. The zero-order chi connectivity index (χ0) is 17.9. The third-order valence-electron chi connectivity index (χ3n) is 4.40. The van der Waals surface area contributed by atoms with Crippen LogP contribution in [0.2, 0.25) is 0 Å². The molecule has 0 fully saturated rings. The van der Waals surface area contributed by atoms with E-state index in [1.165, 1.54) is 70.6 Å². The van der Waals surface area contributed by atoms with Gasteiger partial charge in [-0.1, -0.05) is 90.9 Å². The van der Waals surface area contributed by atoms with Crippen LogP contribution in [0, 0.1) is 5.92 Å². The minimum atomic E-state index is 0.0249. The van der Waals surface area contributed by atoms with Gasteiger partial charge in [0.1, 0.15) is 0 Å². The Kier molecular flexibility index (Phi) is 18.2. The van der Waals surface area contributed by atoms with Gasteiger partial charge in [-0.05, 0) is 12.3 Å². The molecule has 0 saturated heterocycles. The second-order valence-electron chi connectivity index (χ2n) is 7.37. The van der Waals surface area contributed by atoms with Gasteiger partial charge in [-0.2, -0.15) is 0 Å². The Morgan fingerprint density at radius 2 is 1.25 bits per heavy atom. The normalized spacial score (nSPS) is 11.2. The summed E-state index contributed by atoms with van der Waals surface area (Å²) < 4.78 is 0. The molecule has 0 aromatic carbocycles.